The lowest BCUT2D eigenvalue weighted by Gasteiger charge is -2.15. The third kappa shape index (κ3) is 2.41. The van der Waals surface area contributed by atoms with Crippen LogP contribution in [0.1, 0.15) is 36.1 Å². The summed E-state index contributed by atoms with van der Waals surface area (Å²) in [6.45, 7) is 6.98. The maximum atomic E-state index is 3.76. The summed E-state index contributed by atoms with van der Waals surface area (Å²) in [5.41, 5.74) is 7.09. The van der Waals surface area contributed by atoms with Crippen LogP contribution in [0.5, 0.6) is 0 Å². The van der Waals surface area contributed by atoms with Crippen LogP contribution in [0.2, 0.25) is 0 Å². The summed E-state index contributed by atoms with van der Waals surface area (Å²) in [7, 11) is 0. The molecule has 1 atom stereocenters. The predicted molar refractivity (Wildman–Crippen MR) is 85.9 cm³/mol. The van der Waals surface area contributed by atoms with Gasteiger partial charge in [0.05, 0.1) is 0 Å². The van der Waals surface area contributed by atoms with Crippen LogP contribution in [0.4, 0.5) is 0 Å². The molecule has 0 amide bonds. The smallest absolute Gasteiger partial charge is 0.0292 e. The van der Waals surface area contributed by atoms with Gasteiger partial charge in [-0.3, -0.25) is 0 Å². The zero-order valence-corrected chi connectivity index (χ0v) is 12.0. The number of hydrogen-bond acceptors (Lipinski definition) is 1. The first-order valence-electron chi connectivity index (χ1n) is 7.35. The van der Waals surface area contributed by atoms with Gasteiger partial charge in [-0.1, -0.05) is 48.5 Å². The zero-order valence-electron chi connectivity index (χ0n) is 12.0. The molecule has 0 bridgehead atoms. The minimum absolute atomic E-state index is 0.393. The van der Waals surface area contributed by atoms with Crippen molar-refractivity contribution in [3.63, 3.8) is 0 Å². The summed E-state index contributed by atoms with van der Waals surface area (Å²) in [5, 5.41) is 3.54. The molecule has 0 saturated carbocycles. The first kappa shape index (κ1) is 13.1. The van der Waals surface area contributed by atoms with Crippen LogP contribution in [0.25, 0.3) is 11.1 Å². The lowest BCUT2D eigenvalue weighted by atomic mass is 10.0. The molecule has 0 saturated heterocycles. The maximum Gasteiger partial charge on any atom is 0.0292 e. The molecular formula is C19H21N. The van der Waals surface area contributed by atoms with E-state index in [1.54, 1.807) is 0 Å². The summed E-state index contributed by atoms with van der Waals surface area (Å²) >= 11 is 0. The highest BCUT2D eigenvalue weighted by Crippen LogP contribution is 2.37. The molecule has 0 aromatic heterocycles. The van der Waals surface area contributed by atoms with E-state index in [2.05, 4.69) is 61.3 Å². The van der Waals surface area contributed by atoms with Crippen LogP contribution >= 0.6 is 0 Å². The largest absolute Gasteiger partial charge is 0.310 e. The normalized spacial score (nSPS) is 13.7. The average molecular weight is 263 g/mol. The van der Waals surface area contributed by atoms with E-state index in [1.165, 1.54) is 27.8 Å². The molecule has 1 heteroatoms. The van der Waals surface area contributed by atoms with Crippen LogP contribution in [0, 0.1) is 0 Å². The standard InChI is InChI=1S/C19H21N/c1-3-4-11-20-14(2)15-9-10-19-17(12-15)13-16-7-5-6-8-18(16)19/h3,5-10,12,14,20H,1,4,11,13H2,2H3. The number of fused-ring (bicyclic) bond motifs is 3. The van der Waals surface area contributed by atoms with Crippen molar-refractivity contribution >= 4 is 0 Å². The highest BCUT2D eigenvalue weighted by atomic mass is 14.9. The Kier molecular flexibility index (Phi) is 3.70. The molecule has 0 spiro atoms. The van der Waals surface area contributed by atoms with E-state index in [0.29, 0.717) is 6.04 Å². The van der Waals surface area contributed by atoms with Crippen molar-refractivity contribution in [3.05, 3.63) is 71.8 Å². The van der Waals surface area contributed by atoms with Gasteiger partial charge in [0, 0.05) is 6.04 Å². The summed E-state index contributed by atoms with van der Waals surface area (Å²) in [6, 6.07) is 16.0. The Bertz CT molecular complexity index is 627. The van der Waals surface area contributed by atoms with Crippen LogP contribution in [0.15, 0.2) is 55.1 Å². The topological polar surface area (TPSA) is 12.0 Å². The van der Waals surface area contributed by atoms with Crippen LogP contribution in [-0.4, -0.2) is 6.54 Å². The fourth-order valence-electron chi connectivity index (χ4n) is 2.95. The quantitative estimate of drug-likeness (QED) is 0.528. The molecule has 0 aliphatic heterocycles. The van der Waals surface area contributed by atoms with Crippen LogP contribution < -0.4 is 5.32 Å². The Labute approximate surface area is 121 Å². The van der Waals surface area contributed by atoms with Gasteiger partial charge >= 0.3 is 0 Å². The highest BCUT2D eigenvalue weighted by molar-refractivity contribution is 5.76. The number of hydrogen-bond donors (Lipinski definition) is 1. The molecule has 2 aromatic rings. The first-order chi connectivity index (χ1) is 9.79. The molecule has 0 fully saturated rings. The van der Waals surface area contributed by atoms with E-state index in [0.717, 1.165) is 19.4 Å². The number of rotatable bonds is 5. The molecule has 1 nitrogen and oxygen atoms in total. The van der Waals surface area contributed by atoms with E-state index in [4.69, 9.17) is 0 Å². The van der Waals surface area contributed by atoms with Crippen LogP contribution in [0.3, 0.4) is 0 Å². The molecule has 1 aliphatic rings. The number of nitrogens with one attached hydrogen (secondary N) is 1. The fourth-order valence-corrected chi connectivity index (χ4v) is 2.95. The summed E-state index contributed by atoms with van der Waals surface area (Å²) in [6.07, 6.45) is 4.04. The molecular weight excluding hydrogens is 242 g/mol. The SMILES string of the molecule is C=CCCNC(C)c1ccc2c(c1)Cc1ccccc1-2. The second-order valence-electron chi connectivity index (χ2n) is 5.50. The van der Waals surface area contributed by atoms with Crippen molar-refractivity contribution in [2.45, 2.75) is 25.8 Å². The summed E-state index contributed by atoms with van der Waals surface area (Å²) < 4.78 is 0. The maximum absolute atomic E-state index is 3.76. The molecule has 1 N–H and O–H groups in total. The second-order valence-corrected chi connectivity index (χ2v) is 5.50. The second kappa shape index (κ2) is 5.64. The first-order valence-corrected chi connectivity index (χ1v) is 7.35. The van der Waals surface area contributed by atoms with Crippen molar-refractivity contribution in [2.75, 3.05) is 6.54 Å². The lowest BCUT2D eigenvalue weighted by Crippen LogP contribution is -2.19. The predicted octanol–water partition coefficient (Wildman–Crippen LogP) is 4.48. The van der Waals surface area contributed by atoms with Gasteiger partial charge in [0.25, 0.3) is 0 Å². The molecule has 0 radical (unpaired) electrons. The van der Waals surface area contributed by atoms with E-state index < -0.39 is 0 Å². The lowest BCUT2D eigenvalue weighted by molar-refractivity contribution is 0.581. The molecule has 1 aliphatic carbocycles. The van der Waals surface area contributed by atoms with Crippen molar-refractivity contribution in [1.82, 2.24) is 5.32 Å². The molecule has 0 heterocycles. The van der Waals surface area contributed by atoms with Gasteiger partial charge in [-0.25, -0.2) is 0 Å². The minimum atomic E-state index is 0.393. The Morgan fingerprint density at radius 3 is 2.80 bits per heavy atom. The Morgan fingerprint density at radius 2 is 1.95 bits per heavy atom. The van der Waals surface area contributed by atoms with Crippen LogP contribution in [-0.2, 0) is 6.42 Å². The fraction of sp³-hybridized carbons (Fsp3) is 0.263. The van der Waals surface area contributed by atoms with Gasteiger partial charge in [0.1, 0.15) is 0 Å². The van der Waals surface area contributed by atoms with Gasteiger partial charge in [-0.05, 0) is 54.1 Å². The van der Waals surface area contributed by atoms with Gasteiger partial charge in [-0.15, -0.1) is 6.58 Å². The van der Waals surface area contributed by atoms with Crippen molar-refractivity contribution in [2.24, 2.45) is 0 Å². The van der Waals surface area contributed by atoms with Crippen molar-refractivity contribution in [3.8, 4) is 11.1 Å². The summed E-state index contributed by atoms with van der Waals surface area (Å²) in [4.78, 5) is 0. The van der Waals surface area contributed by atoms with E-state index in [1.807, 2.05) is 6.08 Å². The Balaban J connectivity index is 1.81. The summed E-state index contributed by atoms with van der Waals surface area (Å²) in [5.74, 6) is 0. The van der Waals surface area contributed by atoms with Crippen molar-refractivity contribution < 1.29 is 0 Å². The third-order valence-corrected chi connectivity index (χ3v) is 4.12. The third-order valence-electron chi connectivity index (χ3n) is 4.12. The van der Waals surface area contributed by atoms with Gasteiger partial charge in [-0.2, -0.15) is 0 Å². The van der Waals surface area contributed by atoms with Crippen molar-refractivity contribution in [1.29, 1.82) is 0 Å². The Morgan fingerprint density at radius 1 is 1.15 bits per heavy atom. The molecule has 2 aromatic carbocycles. The molecule has 1 unspecified atom stereocenters. The molecule has 3 rings (SSSR count). The van der Waals surface area contributed by atoms with E-state index >= 15 is 0 Å². The molecule has 20 heavy (non-hydrogen) atoms. The molecule has 102 valence electrons. The van der Waals surface area contributed by atoms with E-state index in [9.17, 15) is 0 Å². The van der Waals surface area contributed by atoms with Gasteiger partial charge < -0.3 is 5.32 Å². The Hall–Kier alpha value is -1.86. The number of benzene rings is 2. The monoisotopic (exact) mass is 263 g/mol. The minimum Gasteiger partial charge on any atom is -0.310 e. The van der Waals surface area contributed by atoms with Gasteiger partial charge in [0.2, 0.25) is 0 Å². The van der Waals surface area contributed by atoms with Gasteiger partial charge in [0.15, 0.2) is 0 Å². The highest BCUT2D eigenvalue weighted by Gasteiger charge is 2.18. The zero-order chi connectivity index (χ0) is 13.9. The average Bonchev–Trinajstić information content (AvgIpc) is 2.85. The van der Waals surface area contributed by atoms with E-state index in [-0.39, 0.29) is 0 Å².